The van der Waals surface area contributed by atoms with Crippen LogP contribution in [-0.2, 0) is 0 Å². The molecule has 0 radical (unpaired) electrons. The lowest BCUT2D eigenvalue weighted by Crippen LogP contribution is -2.20. The van der Waals surface area contributed by atoms with Crippen LogP contribution in [0.25, 0.3) is 0 Å². The van der Waals surface area contributed by atoms with Gasteiger partial charge >= 0.3 is 0 Å². The van der Waals surface area contributed by atoms with E-state index in [2.05, 4.69) is 55.4 Å². The van der Waals surface area contributed by atoms with Gasteiger partial charge < -0.3 is 4.74 Å². The lowest BCUT2D eigenvalue weighted by atomic mass is 9.98. The van der Waals surface area contributed by atoms with Gasteiger partial charge in [-0.1, -0.05) is 42.5 Å². The maximum absolute atomic E-state index is 5.20. The van der Waals surface area contributed by atoms with E-state index in [0.717, 1.165) is 5.75 Å². The first-order valence-corrected chi connectivity index (χ1v) is 6.07. The number of methoxy groups -OCH3 is 1. The van der Waals surface area contributed by atoms with E-state index < -0.39 is 0 Å². The van der Waals surface area contributed by atoms with Crippen LogP contribution in [-0.4, -0.2) is 26.1 Å². The van der Waals surface area contributed by atoms with Gasteiger partial charge in [0.1, 0.15) is 5.75 Å². The first-order chi connectivity index (χ1) is 8.72. The first-order valence-electron chi connectivity index (χ1n) is 6.07. The van der Waals surface area contributed by atoms with Crippen LogP contribution < -0.4 is 4.74 Å². The SMILES string of the molecule is COc1ccc(C(c2ccccc2)N(C)C)cc1. The molecule has 0 fully saturated rings. The largest absolute Gasteiger partial charge is 0.497 e. The van der Waals surface area contributed by atoms with Crippen LogP contribution in [0.3, 0.4) is 0 Å². The molecule has 1 unspecified atom stereocenters. The maximum atomic E-state index is 5.20. The summed E-state index contributed by atoms with van der Waals surface area (Å²) >= 11 is 0. The predicted molar refractivity (Wildman–Crippen MR) is 75.0 cm³/mol. The molecule has 0 spiro atoms. The summed E-state index contributed by atoms with van der Waals surface area (Å²) in [5.74, 6) is 0.893. The Kier molecular flexibility index (Phi) is 4.00. The summed E-state index contributed by atoms with van der Waals surface area (Å²) in [5, 5.41) is 0. The number of hydrogen-bond donors (Lipinski definition) is 0. The molecule has 0 bridgehead atoms. The van der Waals surface area contributed by atoms with Crippen molar-refractivity contribution < 1.29 is 4.74 Å². The minimum absolute atomic E-state index is 0.275. The number of rotatable bonds is 4. The monoisotopic (exact) mass is 241 g/mol. The molecule has 2 heteroatoms. The molecule has 0 heterocycles. The van der Waals surface area contributed by atoms with Crippen LogP contribution >= 0.6 is 0 Å². The summed E-state index contributed by atoms with van der Waals surface area (Å²) in [4.78, 5) is 2.22. The van der Waals surface area contributed by atoms with Gasteiger partial charge in [0.15, 0.2) is 0 Å². The Bertz CT molecular complexity index is 476. The molecule has 0 aliphatic carbocycles. The van der Waals surface area contributed by atoms with E-state index in [1.807, 2.05) is 18.2 Å². The van der Waals surface area contributed by atoms with E-state index in [1.54, 1.807) is 7.11 Å². The van der Waals surface area contributed by atoms with Gasteiger partial charge in [0.2, 0.25) is 0 Å². The minimum Gasteiger partial charge on any atom is -0.497 e. The maximum Gasteiger partial charge on any atom is 0.118 e. The fourth-order valence-corrected chi connectivity index (χ4v) is 2.21. The number of hydrogen-bond acceptors (Lipinski definition) is 2. The molecule has 0 aromatic heterocycles. The van der Waals surface area contributed by atoms with E-state index in [4.69, 9.17) is 4.74 Å². The van der Waals surface area contributed by atoms with Gasteiger partial charge in [-0.05, 0) is 37.4 Å². The zero-order chi connectivity index (χ0) is 13.0. The fraction of sp³-hybridized carbons (Fsp3) is 0.250. The third kappa shape index (κ3) is 2.71. The minimum atomic E-state index is 0.275. The second-order valence-electron chi connectivity index (χ2n) is 4.55. The third-order valence-electron chi connectivity index (χ3n) is 3.06. The molecule has 94 valence electrons. The van der Waals surface area contributed by atoms with E-state index in [9.17, 15) is 0 Å². The van der Waals surface area contributed by atoms with Gasteiger partial charge in [-0.25, -0.2) is 0 Å². The molecule has 0 saturated carbocycles. The molecule has 2 aromatic carbocycles. The highest BCUT2D eigenvalue weighted by Gasteiger charge is 2.15. The summed E-state index contributed by atoms with van der Waals surface area (Å²) in [6.45, 7) is 0. The number of nitrogens with zero attached hydrogens (tertiary/aromatic N) is 1. The quantitative estimate of drug-likeness (QED) is 0.814. The molecule has 2 aromatic rings. The van der Waals surface area contributed by atoms with Gasteiger partial charge in [-0.3, -0.25) is 4.90 Å². The van der Waals surface area contributed by atoms with Crippen LogP contribution in [0.5, 0.6) is 5.75 Å². The summed E-state index contributed by atoms with van der Waals surface area (Å²) in [5.41, 5.74) is 2.57. The Labute approximate surface area is 109 Å². The van der Waals surface area contributed by atoms with Crippen LogP contribution in [0.15, 0.2) is 54.6 Å². The Morgan fingerprint density at radius 1 is 0.833 bits per heavy atom. The Balaban J connectivity index is 2.36. The van der Waals surface area contributed by atoms with Crippen molar-refractivity contribution in [2.75, 3.05) is 21.2 Å². The van der Waals surface area contributed by atoms with Gasteiger partial charge in [-0.2, -0.15) is 0 Å². The smallest absolute Gasteiger partial charge is 0.118 e. The summed E-state index contributed by atoms with van der Waals surface area (Å²) in [6, 6.07) is 19.1. The summed E-state index contributed by atoms with van der Waals surface area (Å²) < 4.78 is 5.20. The molecule has 0 N–H and O–H groups in total. The molecule has 2 nitrogen and oxygen atoms in total. The van der Waals surface area contributed by atoms with Crippen LogP contribution in [0.4, 0.5) is 0 Å². The molecule has 0 saturated heterocycles. The number of benzene rings is 2. The van der Waals surface area contributed by atoms with E-state index in [0.29, 0.717) is 0 Å². The van der Waals surface area contributed by atoms with Crippen molar-refractivity contribution in [1.82, 2.24) is 4.90 Å². The third-order valence-corrected chi connectivity index (χ3v) is 3.06. The molecule has 2 rings (SSSR count). The standard InChI is InChI=1S/C16H19NO/c1-17(2)16(13-7-5-4-6-8-13)14-9-11-15(18-3)12-10-14/h4-12,16H,1-3H3. The average Bonchev–Trinajstić information content (AvgIpc) is 2.40. The summed E-state index contributed by atoms with van der Waals surface area (Å²) in [6.07, 6.45) is 0. The fourth-order valence-electron chi connectivity index (χ4n) is 2.21. The zero-order valence-electron chi connectivity index (χ0n) is 11.1. The van der Waals surface area contributed by atoms with Crippen LogP contribution in [0.2, 0.25) is 0 Å². The topological polar surface area (TPSA) is 12.5 Å². The molecule has 1 atom stereocenters. The Hall–Kier alpha value is -1.80. The lowest BCUT2D eigenvalue weighted by Gasteiger charge is -2.25. The van der Waals surface area contributed by atoms with Crippen molar-refractivity contribution in [2.45, 2.75) is 6.04 Å². The highest BCUT2D eigenvalue weighted by atomic mass is 16.5. The van der Waals surface area contributed by atoms with Crippen LogP contribution in [0, 0.1) is 0 Å². The van der Waals surface area contributed by atoms with Crippen LogP contribution in [0.1, 0.15) is 17.2 Å². The highest BCUT2D eigenvalue weighted by molar-refractivity contribution is 5.35. The van der Waals surface area contributed by atoms with E-state index >= 15 is 0 Å². The normalized spacial score (nSPS) is 12.4. The Morgan fingerprint density at radius 3 is 1.89 bits per heavy atom. The molecular weight excluding hydrogens is 222 g/mol. The molecule has 0 aliphatic heterocycles. The van der Waals surface area contributed by atoms with Crippen molar-refractivity contribution in [3.8, 4) is 5.75 Å². The second kappa shape index (κ2) is 5.69. The van der Waals surface area contributed by atoms with E-state index in [-0.39, 0.29) is 6.04 Å². The predicted octanol–water partition coefficient (Wildman–Crippen LogP) is 3.35. The molecule has 18 heavy (non-hydrogen) atoms. The first kappa shape index (κ1) is 12.7. The summed E-state index contributed by atoms with van der Waals surface area (Å²) in [7, 11) is 5.89. The lowest BCUT2D eigenvalue weighted by molar-refractivity contribution is 0.342. The van der Waals surface area contributed by atoms with Crippen molar-refractivity contribution in [3.63, 3.8) is 0 Å². The van der Waals surface area contributed by atoms with Crippen molar-refractivity contribution in [1.29, 1.82) is 0 Å². The van der Waals surface area contributed by atoms with Gasteiger partial charge in [0.25, 0.3) is 0 Å². The molecular formula is C16H19NO. The number of ether oxygens (including phenoxy) is 1. The molecule has 0 amide bonds. The van der Waals surface area contributed by atoms with Crippen molar-refractivity contribution in [2.24, 2.45) is 0 Å². The molecule has 0 aliphatic rings. The second-order valence-corrected chi connectivity index (χ2v) is 4.55. The van der Waals surface area contributed by atoms with Crippen molar-refractivity contribution >= 4 is 0 Å². The van der Waals surface area contributed by atoms with E-state index in [1.165, 1.54) is 11.1 Å². The average molecular weight is 241 g/mol. The van der Waals surface area contributed by atoms with Gasteiger partial charge in [-0.15, -0.1) is 0 Å². The van der Waals surface area contributed by atoms with Crippen molar-refractivity contribution in [3.05, 3.63) is 65.7 Å². The zero-order valence-corrected chi connectivity index (χ0v) is 11.1. The van der Waals surface area contributed by atoms with Gasteiger partial charge in [0.05, 0.1) is 13.2 Å². The van der Waals surface area contributed by atoms with Gasteiger partial charge in [0, 0.05) is 0 Å². The highest BCUT2D eigenvalue weighted by Crippen LogP contribution is 2.27. The Morgan fingerprint density at radius 2 is 1.39 bits per heavy atom.